The number of benzene rings is 2. The summed E-state index contributed by atoms with van der Waals surface area (Å²) < 4.78 is 6.42. The highest BCUT2D eigenvalue weighted by Crippen LogP contribution is 2.40. The molecule has 1 aliphatic rings. The van der Waals surface area contributed by atoms with Crippen LogP contribution in [0.5, 0.6) is 5.75 Å². The van der Waals surface area contributed by atoms with Crippen LogP contribution in [0.25, 0.3) is 10.1 Å². The molecule has 0 radical (unpaired) electrons. The largest absolute Gasteiger partial charge is 0.496 e. The molecule has 2 heterocycles. The molecule has 2 amide bonds. The van der Waals surface area contributed by atoms with Crippen molar-refractivity contribution in [1.82, 2.24) is 4.90 Å². The number of hydrogen-bond acceptors (Lipinski definition) is 4. The molecule has 6 heteroatoms. The normalized spacial score (nSPS) is 16.5. The number of hydrogen-bond donors (Lipinski definition) is 1. The minimum absolute atomic E-state index is 0.0761. The molecule has 0 aliphatic carbocycles. The van der Waals surface area contributed by atoms with E-state index in [0.29, 0.717) is 24.4 Å². The van der Waals surface area contributed by atoms with E-state index < -0.39 is 5.91 Å². The number of nitrogens with zero attached hydrogens (tertiary/aromatic N) is 1. The van der Waals surface area contributed by atoms with E-state index in [1.807, 2.05) is 53.4 Å². The Hall–Kier alpha value is -2.86. The number of ether oxygens (including phenoxy) is 1. The molecule has 2 aromatic carbocycles. The third kappa shape index (κ3) is 3.36. The van der Waals surface area contributed by atoms with Gasteiger partial charge in [-0.05, 0) is 29.5 Å². The number of amides is 2. The van der Waals surface area contributed by atoms with E-state index in [9.17, 15) is 9.59 Å². The van der Waals surface area contributed by atoms with Crippen molar-refractivity contribution in [1.29, 1.82) is 0 Å². The number of primary amides is 1. The van der Waals surface area contributed by atoms with Gasteiger partial charge in [-0.15, -0.1) is 11.3 Å². The third-order valence-corrected chi connectivity index (χ3v) is 6.54. The van der Waals surface area contributed by atoms with E-state index in [0.717, 1.165) is 33.4 Å². The molecule has 28 heavy (non-hydrogen) atoms. The van der Waals surface area contributed by atoms with Crippen LogP contribution in [0.15, 0.2) is 48.5 Å². The van der Waals surface area contributed by atoms with E-state index in [2.05, 4.69) is 0 Å². The van der Waals surface area contributed by atoms with Crippen LogP contribution in [0.3, 0.4) is 0 Å². The molecule has 2 N–H and O–H groups in total. The van der Waals surface area contributed by atoms with Gasteiger partial charge in [-0.25, -0.2) is 0 Å². The summed E-state index contributed by atoms with van der Waals surface area (Å²) in [5.74, 6) is 0.536. The van der Waals surface area contributed by atoms with E-state index in [1.165, 1.54) is 11.3 Å². The predicted octanol–water partition coefficient (Wildman–Crippen LogP) is 3.57. The van der Waals surface area contributed by atoms with Gasteiger partial charge in [0, 0.05) is 29.3 Å². The van der Waals surface area contributed by atoms with Gasteiger partial charge in [0.2, 0.25) is 5.91 Å². The van der Waals surface area contributed by atoms with Gasteiger partial charge >= 0.3 is 0 Å². The van der Waals surface area contributed by atoms with Crippen molar-refractivity contribution in [2.24, 2.45) is 5.73 Å². The minimum atomic E-state index is -0.394. The molecule has 1 atom stereocenters. The Morgan fingerprint density at radius 1 is 1.18 bits per heavy atom. The maximum Gasteiger partial charge on any atom is 0.259 e. The Labute approximate surface area is 167 Å². The van der Waals surface area contributed by atoms with Crippen LogP contribution in [0.2, 0.25) is 0 Å². The molecule has 5 nitrogen and oxygen atoms in total. The molecular formula is C22H22N2O3S. The number of fused-ring (bicyclic) bond motifs is 1. The Balaban J connectivity index is 1.56. The molecule has 0 bridgehead atoms. The van der Waals surface area contributed by atoms with E-state index in [4.69, 9.17) is 10.5 Å². The number of carbonyl (C=O) groups excluding carboxylic acids is 2. The predicted molar refractivity (Wildman–Crippen MR) is 111 cm³/mol. The Morgan fingerprint density at radius 3 is 2.71 bits per heavy atom. The smallest absolute Gasteiger partial charge is 0.259 e. The summed E-state index contributed by atoms with van der Waals surface area (Å²) >= 11 is 1.44. The highest BCUT2D eigenvalue weighted by Gasteiger charge is 2.32. The van der Waals surface area contributed by atoms with Crippen LogP contribution in [0.1, 0.15) is 33.1 Å². The number of thiophene rings is 1. The van der Waals surface area contributed by atoms with Gasteiger partial charge in [-0.2, -0.15) is 0 Å². The van der Waals surface area contributed by atoms with Crippen molar-refractivity contribution in [3.8, 4) is 5.75 Å². The second-order valence-corrected chi connectivity index (χ2v) is 8.07. The highest BCUT2D eigenvalue weighted by atomic mass is 32.1. The van der Waals surface area contributed by atoms with Crippen LogP contribution >= 0.6 is 11.3 Å². The van der Waals surface area contributed by atoms with Crippen molar-refractivity contribution in [2.45, 2.75) is 18.8 Å². The van der Waals surface area contributed by atoms with Gasteiger partial charge < -0.3 is 15.4 Å². The Bertz CT molecular complexity index is 1040. The van der Waals surface area contributed by atoms with Crippen molar-refractivity contribution in [3.63, 3.8) is 0 Å². The molecule has 1 aromatic heterocycles. The molecular weight excluding hydrogens is 372 g/mol. The highest BCUT2D eigenvalue weighted by molar-refractivity contribution is 7.21. The fourth-order valence-electron chi connectivity index (χ4n) is 4.00. The van der Waals surface area contributed by atoms with Crippen LogP contribution in [0, 0.1) is 0 Å². The van der Waals surface area contributed by atoms with Crippen molar-refractivity contribution < 1.29 is 14.3 Å². The fourth-order valence-corrected chi connectivity index (χ4v) is 5.14. The van der Waals surface area contributed by atoms with Gasteiger partial charge in [-0.1, -0.05) is 36.4 Å². The fraction of sp³-hybridized carbons (Fsp3) is 0.273. The molecule has 0 unspecified atom stereocenters. The summed E-state index contributed by atoms with van der Waals surface area (Å²) in [6, 6.07) is 15.6. The first kappa shape index (κ1) is 18.5. The number of para-hydroxylation sites is 1. The maximum absolute atomic E-state index is 12.9. The zero-order valence-corrected chi connectivity index (χ0v) is 16.5. The monoisotopic (exact) mass is 394 g/mol. The lowest BCUT2D eigenvalue weighted by Crippen LogP contribution is -2.30. The van der Waals surface area contributed by atoms with Crippen LogP contribution < -0.4 is 10.5 Å². The van der Waals surface area contributed by atoms with Crippen LogP contribution in [0.4, 0.5) is 0 Å². The molecule has 4 rings (SSSR count). The number of rotatable bonds is 5. The average molecular weight is 394 g/mol. The average Bonchev–Trinajstić information content (AvgIpc) is 3.33. The lowest BCUT2D eigenvalue weighted by atomic mass is 9.95. The summed E-state index contributed by atoms with van der Waals surface area (Å²) in [7, 11) is 1.61. The van der Waals surface area contributed by atoms with Gasteiger partial charge in [0.05, 0.1) is 18.4 Å². The van der Waals surface area contributed by atoms with Gasteiger partial charge in [0.25, 0.3) is 5.91 Å². The zero-order chi connectivity index (χ0) is 19.7. The maximum atomic E-state index is 12.9. The van der Waals surface area contributed by atoms with Crippen molar-refractivity contribution >= 4 is 33.2 Å². The van der Waals surface area contributed by atoms with Gasteiger partial charge in [0.15, 0.2) is 0 Å². The third-order valence-electron chi connectivity index (χ3n) is 5.34. The molecule has 1 fully saturated rings. The van der Waals surface area contributed by atoms with E-state index >= 15 is 0 Å². The van der Waals surface area contributed by atoms with E-state index in [1.54, 1.807) is 7.11 Å². The van der Waals surface area contributed by atoms with Crippen molar-refractivity contribution in [2.75, 3.05) is 20.2 Å². The van der Waals surface area contributed by atoms with Gasteiger partial charge in [0.1, 0.15) is 5.75 Å². The quantitative estimate of drug-likeness (QED) is 0.719. The van der Waals surface area contributed by atoms with E-state index in [-0.39, 0.29) is 11.8 Å². The Kier molecular flexibility index (Phi) is 5.05. The molecule has 144 valence electrons. The first-order chi connectivity index (χ1) is 13.6. The van der Waals surface area contributed by atoms with Gasteiger partial charge in [-0.3, -0.25) is 9.59 Å². The summed E-state index contributed by atoms with van der Waals surface area (Å²) in [6.45, 7) is 1.29. The number of nitrogens with two attached hydrogens (primary N) is 1. The number of likely N-dealkylation sites (tertiary alicyclic amines) is 1. The number of carbonyl (C=O) groups is 2. The summed E-state index contributed by atoms with van der Waals surface area (Å²) in [4.78, 5) is 27.4. The van der Waals surface area contributed by atoms with Crippen molar-refractivity contribution in [3.05, 3.63) is 64.5 Å². The standard InChI is InChI=1S/C22H22N2O3S/c1-27-17-8-4-2-6-14(17)12-19(25)24-11-10-15(13-24)20-16-7-3-5-9-18(16)28-21(20)22(23)26/h2-9,15H,10-13H2,1H3,(H2,23,26)/t15-/m0/s1. The number of methoxy groups -OCH3 is 1. The topological polar surface area (TPSA) is 72.6 Å². The lowest BCUT2D eigenvalue weighted by Gasteiger charge is -2.18. The summed E-state index contributed by atoms with van der Waals surface area (Å²) in [5.41, 5.74) is 7.54. The molecule has 3 aromatic rings. The SMILES string of the molecule is COc1ccccc1CC(=O)N1CC[C@H](c2c(C(N)=O)sc3ccccc23)C1. The zero-order valence-electron chi connectivity index (χ0n) is 15.7. The summed E-state index contributed by atoms with van der Waals surface area (Å²) in [5, 5.41) is 1.07. The lowest BCUT2D eigenvalue weighted by molar-refractivity contribution is -0.129. The second-order valence-electron chi connectivity index (χ2n) is 7.02. The molecule has 0 spiro atoms. The first-order valence-electron chi connectivity index (χ1n) is 9.29. The Morgan fingerprint density at radius 2 is 1.93 bits per heavy atom. The molecule has 1 aliphatic heterocycles. The first-order valence-corrected chi connectivity index (χ1v) is 10.1. The molecule has 0 saturated carbocycles. The van der Waals surface area contributed by atoms with Crippen LogP contribution in [-0.4, -0.2) is 36.9 Å². The molecule has 1 saturated heterocycles. The summed E-state index contributed by atoms with van der Waals surface area (Å²) in [6.07, 6.45) is 1.14. The second kappa shape index (κ2) is 7.64. The minimum Gasteiger partial charge on any atom is -0.496 e. The van der Waals surface area contributed by atoms with Crippen LogP contribution in [-0.2, 0) is 11.2 Å².